The van der Waals surface area contributed by atoms with Crippen molar-refractivity contribution in [2.45, 2.75) is 50.5 Å². The lowest BCUT2D eigenvalue weighted by atomic mass is 9.96. The molecule has 2 aliphatic rings. The van der Waals surface area contributed by atoms with Gasteiger partial charge >= 0.3 is 0 Å². The molecule has 10 heteroatoms. The Bertz CT molecular complexity index is 739. The SMILES string of the molecule is CNCC1CCCN1C(=O)C1CCN(S(=O)(=O)c2c(C)noc2C)CC1.Cl. The van der Waals surface area contributed by atoms with E-state index in [4.69, 9.17) is 4.52 Å². The zero-order valence-corrected chi connectivity index (χ0v) is 17.7. The smallest absolute Gasteiger partial charge is 0.248 e. The van der Waals surface area contributed by atoms with Gasteiger partial charge in [0.25, 0.3) is 0 Å². The Morgan fingerprint density at radius 2 is 1.89 bits per heavy atom. The van der Waals surface area contributed by atoms with Gasteiger partial charge in [-0.25, -0.2) is 8.42 Å². The van der Waals surface area contributed by atoms with Crippen molar-refractivity contribution in [2.24, 2.45) is 5.92 Å². The molecule has 1 aromatic rings. The molecular weight excluding hydrogens is 392 g/mol. The number of rotatable bonds is 5. The fraction of sp³-hybridized carbons (Fsp3) is 0.765. The van der Waals surface area contributed by atoms with E-state index in [9.17, 15) is 13.2 Å². The molecule has 154 valence electrons. The van der Waals surface area contributed by atoms with Crippen LogP contribution in [0.3, 0.4) is 0 Å². The summed E-state index contributed by atoms with van der Waals surface area (Å²) in [7, 11) is -1.72. The molecule has 2 fully saturated rings. The molecule has 8 nitrogen and oxygen atoms in total. The first-order valence-electron chi connectivity index (χ1n) is 9.24. The minimum Gasteiger partial charge on any atom is -0.360 e. The van der Waals surface area contributed by atoms with E-state index in [0.29, 0.717) is 37.4 Å². The summed E-state index contributed by atoms with van der Waals surface area (Å²) in [6.45, 7) is 5.57. The fourth-order valence-corrected chi connectivity index (χ4v) is 5.88. The Balaban J connectivity index is 0.00000261. The molecule has 0 aromatic carbocycles. The van der Waals surface area contributed by atoms with Gasteiger partial charge in [-0.15, -0.1) is 12.4 Å². The first-order chi connectivity index (χ1) is 12.4. The monoisotopic (exact) mass is 420 g/mol. The first-order valence-corrected chi connectivity index (χ1v) is 10.7. The number of carbonyl (C=O) groups excluding carboxylic acids is 1. The van der Waals surface area contributed by atoms with Crippen molar-refractivity contribution in [3.63, 3.8) is 0 Å². The summed E-state index contributed by atoms with van der Waals surface area (Å²) in [6, 6.07) is 0.261. The second-order valence-electron chi connectivity index (χ2n) is 7.22. The van der Waals surface area contributed by atoms with E-state index in [1.807, 2.05) is 11.9 Å². The Morgan fingerprint density at radius 1 is 1.22 bits per heavy atom. The van der Waals surface area contributed by atoms with Crippen LogP contribution in [0, 0.1) is 19.8 Å². The molecule has 1 amide bonds. The van der Waals surface area contributed by atoms with Crippen LogP contribution in [0.15, 0.2) is 9.42 Å². The standard InChI is InChI=1S/C17H28N4O4S.ClH/c1-12-16(13(2)25-19-12)26(23,24)20-9-6-14(7-10-20)17(22)21-8-4-5-15(21)11-18-3;/h14-15,18H,4-11H2,1-3H3;1H. The molecule has 0 aliphatic carbocycles. The maximum Gasteiger partial charge on any atom is 0.248 e. The Hall–Kier alpha value is -1.16. The average molecular weight is 421 g/mol. The van der Waals surface area contributed by atoms with Crippen molar-refractivity contribution in [1.29, 1.82) is 0 Å². The predicted molar refractivity (Wildman–Crippen MR) is 103 cm³/mol. The minimum absolute atomic E-state index is 0. The third-order valence-corrected chi connectivity index (χ3v) is 7.61. The number of amides is 1. The molecular formula is C17H29ClN4O4S. The molecule has 1 unspecified atom stereocenters. The van der Waals surface area contributed by atoms with E-state index in [-0.39, 0.29) is 35.2 Å². The Labute approximate surface area is 167 Å². The summed E-state index contributed by atoms with van der Waals surface area (Å²) in [5.41, 5.74) is 0.382. The number of hydrogen-bond donors (Lipinski definition) is 1. The van der Waals surface area contributed by atoms with E-state index >= 15 is 0 Å². The highest BCUT2D eigenvalue weighted by molar-refractivity contribution is 7.89. The van der Waals surface area contributed by atoms with E-state index in [1.165, 1.54) is 4.31 Å². The van der Waals surface area contributed by atoms with Crippen molar-refractivity contribution < 1.29 is 17.7 Å². The van der Waals surface area contributed by atoms with Gasteiger partial charge in [-0.1, -0.05) is 5.16 Å². The summed E-state index contributed by atoms with van der Waals surface area (Å²) in [4.78, 5) is 15.0. The summed E-state index contributed by atoms with van der Waals surface area (Å²) < 4.78 is 32.2. The topological polar surface area (TPSA) is 95.8 Å². The molecule has 0 radical (unpaired) electrons. The molecule has 2 aliphatic heterocycles. The molecule has 2 saturated heterocycles. The van der Waals surface area contributed by atoms with Crippen LogP contribution in [0.25, 0.3) is 0 Å². The summed E-state index contributed by atoms with van der Waals surface area (Å²) in [6.07, 6.45) is 3.19. The summed E-state index contributed by atoms with van der Waals surface area (Å²) >= 11 is 0. The van der Waals surface area contributed by atoms with Crippen molar-refractivity contribution in [1.82, 2.24) is 19.7 Å². The van der Waals surface area contributed by atoms with Gasteiger partial charge in [0.05, 0.1) is 0 Å². The fourth-order valence-electron chi connectivity index (χ4n) is 4.12. The maximum atomic E-state index is 12.9. The number of halogens is 1. The number of aryl methyl sites for hydroxylation is 2. The highest BCUT2D eigenvalue weighted by atomic mass is 35.5. The quantitative estimate of drug-likeness (QED) is 0.771. The molecule has 1 N–H and O–H groups in total. The van der Waals surface area contributed by atoms with Gasteiger partial charge in [-0.3, -0.25) is 4.79 Å². The Kier molecular flexibility index (Phi) is 7.29. The second kappa shape index (κ2) is 8.89. The van der Waals surface area contributed by atoms with Gasteiger partial charge in [0.15, 0.2) is 5.76 Å². The molecule has 1 atom stereocenters. The van der Waals surface area contributed by atoms with Gasteiger partial charge in [0.1, 0.15) is 10.6 Å². The minimum atomic E-state index is -3.63. The van der Waals surface area contributed by atoms with E-state index in [1.54, 1.807) is 13.8 Å². The molecule has 1 aromatic heterocycles. The Morgan fingerprint density at radius 3 is 2.44 bits per heavy atom. The lowest BCUT2D eigenvalue weighted by Crippen LogP contribution is -2.47. The van der Waals surface area contributed by atoms with Crippen LogP contribution < -0.4 is 5.32 Å². The molecule has 3 rings (SSSR count). The number of carbonyl (C=O) groups is 1. The highest BCUT2D eigenvalue weighted by Crippen LogP contribution is 2.29. The van der Waals surface area contributed by atoms with Crippen LogP contribution in [-0.4, -0.2) is 68.0 Å². The highest BCUT2D eigenvalue weighted by Gasteiger charge is 2.38. The number of nitrogens with zero attached hydrogens (tertiary/aromatic N) is 3. The number of nitrogens with one attached hydrogen (secondary N) is 1. The van der Waals surface area contributed by atoms with E-state index in [2.05, 4.69) is 10.5 Å². The number of piperidine rings is 1. The van der Waals surface area contributed by atoms with Crippen LogP contribution in [0.2, 0.25) is 0 Å². The van der Waals surface area contributed by atoms with Crippen LogP contribution >= 0.6 is 12.4 Å². The largest absolute Gasteiger partial charge is 0.360 e. The lowest BCUT2D eigenvalue weighted by molar-refractivity contribution is -0.137. The molecule has 3 heterocycles. The number of hydrogen-bond acceptors (Lipinski definition) is 6. The second-order valence-corrected chi connectivity index (χ2v) is 9.09. The van der Waals surface area contributed by atoms with Gasteiger partial charge in [-0.2, -0.15) is 4.31 Å². The van der Waals surface area contributed by atoms with Gasteiger partial charge in [0, 0.05) is 38.1 Å². The van der Waals surface area contributed by atoms with Crippen molar-refractivity contribution in [3.8, 4) is 0 Å². The normalized spacial score (nSPS) is 22.0. The predicted octanol–water partition coefficient (Wildman–Crippen LogP) is 1.32. The molecule has 0 saturated carbocycles. The lowest BCUT2D eigenvalue weighted by Gasteiger charge is -2.34. The number of sulfonamides is 1. The van der Waals surface area contributed by atoms with Crippen molar-refractivity contribution >= 4 is 28.3 Å². The van der Waals surface area contributed by atoms with Gasteiger partial charge in [0.2, 0.25) is 15.9 Å². The first kappa shape index (κ1) is 22.1. The molecule has 27 heavy (non-hydrogen) atoms. The summed E-state index contributed by atoms with van der Waals surface area (Å²) in [5, 5.41) is 6.91. The van der Waals surface area contributed by atoms with Crippen LogP contribution in [0.1, 0.15) is 37.1 Å². The van der Waals surface area contributed by atoms with E-state index in [0.717, 1.165) is 25.9 Å². The van der Waals surface area contributed by atoms with Crippen LogP contribution in [0.5, 0.6) is 0 Å². The van der Waals surface area contributed by atoms with Gasteiger partial charge < -0.3 is 14.7 Å². The van der Waals surface area contributed by atoms with Crippen LogP contribution in [-0.2, 0) is 14.8 Å². The van der Waals surface area contributed by atoms with Crippen molar-refractivity contribution in [3.05, 3.63) is 11.5 Å². The summed E-state index contributed by atoms with van der Waals surface area (Å²) in [5.74, 6) is 0.397. The molecule has 0 bridgehead atoms. The zero-order valence-electron chi connectivity index (χ0n) is 16.1. The van der Waals surface area contributed by atoms with E-state index < -0.39 is 10.0 Å². The number of likely N-dealkylation sites (tertiary alicyclic amines) is 1. The third kappa shape index (κ3) is 4.31. The molecule has 0 spiro atoms. The number of likely N-dealkylation sites (N-methyl/N-ethyl adjacent to an activating group) is 1. The average Bonchev–Trinajstić information content (AvgIpc) is 3.21. The maximum absolute atomic E-state index is 12.9. The third-order valence-electron chi connectivity index (χ3n) is 5.47. The van der Waals surface area contributed by atoms with Crippen molar-refractivity contribution in [2.75, 3.05) is 33.2 Å². The van der Waals surface area contributed by atoms with Crippen LogP contribution in [0.4, 0.5) is 0 Å². The number of aromatic nitrogens is 1. The van der Waals surface area contributed by atoms with Gasteiger partial charge in [-0.05, 0) is 46.6 Å². The zero-order chi connectivity index (χ0) is 18.9.